The molecule has 0 radical (unpaired) electrons. The van der Waals surface area contributed by atoms with Gasteiger partial charge in [0.25, 0.3) is 5.56 Å². The second kappa shape index (κ2) is 8.42. The number of benzene rings is 3. The topological polar surface area (TPSA) is 92.6 Å². The van der Waals surface area contributed by atoms with Gasteiger partial charge in [-0.25, -0.2) is 13.1 Å². The van der Waals surface area contributed by atoms with E-state index < -0.39 is 10.0 Å². The Balaban J connectivity index is 1.28. The number of hydrogen-bond acceptors (Lipinski definition) is 5. The molecule has 33 heavy (non-hydrogen) atoms. The Labute approximate surface area is 190 Å². The molecular formula is C24H22N4O4S. The lowest BCUT2D eigenvalue weighted by Gasteiger charge is -2.34. The highest BCUT2D eigenvalue weighted by atomic mass is 32.2. The smallest absolute Gasteiger partial charge is 0.275 e. The molecule has 1 aliphatic rings. The third kappa shape index (κ3) is 4.01. The minimum Gasteiger partial charge on any atom is -0.338 e. The van der Waals surface area contributed by atoms with Crippen molar-refractivity contribution in [3.05, 3.63) is 83.3 Å². The third-order valence-electron chi connectivity index (χ3n) is 6.00. The van der Waals surface area contributed by atoms with E-state index in [1.54, 1.807) is 47.5 Å². The predicted octanol–water partition coefficient (Wildman–Crippen LogP) is 2.08. The minimum atomic E-state index is -3.66. The predicted molar refractivity (Wildman–Crippen MR) is 125 cm³/mol. The number of fused-ring (bicyclic) bond motifs is 2. The van der Waals surface area contributed by atoms with Crippen molar-refractivity contribution in [1.82, 2.24) is 19.0 Å². The average Bonchev–Trinajstić information content (AvgIpc) is 2.85. The standard InChI is InChI=1S/C24H22N4O4S/c29-23(17-28-24(30)22-8-4-3-7-20(22)16-25-28)26-11-13-27(14-12-26)33(31,32)21-10-9-18-5-1-2-6-19(18)15-21/h1-10,15-16H,11-14,17H2. The first-order valence-electron chi connectivity index (χ1n) is 10.6. The summed E-state index contributed by atoms with van der Waals surface area (Å²) in [6.07, 6.45) is 1.57. The first kappa shape index (κ1) is 21.3. The van der Waals surface area contributed by atoms with Gasteiger partial charge >= 0.3 is 0 Å². The molecule has 0 spiro atoms. The van der Waals surface area contributed by atoms with E-state index in [0.29, 0.717) is 5.39 Å². The van der Waals surface area contributed by atoms with Crippen molar-refractivity contribution in [2.24, 2.45) is 0 Å². The summed E-state index contributed by atoms with van der Waals surface area (Å²) in [5.41, 5.74) is -0.320. The summed E-state index contributed by atoms with van der Waals surface area (Å²) in [7, 11) is -3.66. The molecule has 1 saturated heterocycles. The molecule has 0 bridgehead atoms. The Kier molecular flexibility index (Phi) is 5.43. The van der Waals surface area contributed by atoms with Crippen LogP contribution in [0.3, 0.4) is 0 Å². The van der Waals surface area contributed by atoms with Crippen molar-refractivity contribution >= 4 is 37.5 Å². The highest BCUT2D eigenvalue weighted by Gasteiger charge is 2.30. The fraction of sp³-hybridized carbons (Fsp3) is 0.208. The molecule has 1 aliphatic heterocycles. The SMILES string of the molecule is O=C(Cn1ncc2ccccc2c1=O)N1CCN(S(=O)(=O)c2ccc3ccccc3c2)CC1. The number of carbonyl (C=O) groups is 1. The zero-order valence-corrected chi connectivity index (χ0v) is 18.6. The number of carbonyl (C=O) groups excluding carboxylic acids is 1. The van der Waals surface area contributed by atoms with Gasteiger partial charge in [0.05, 0.1) is 16.5 Å². The van der Waals surface area contributed by atoms with Crippen LogP contribution in [0.1, 0.15) is 0 Å². The van der Waals surface area contributed by atoms with Crippen LogP contribution in [0.15, 0.2) is 82.6 Å². The summed E-state index contributed by atoms with van der Waals surface area (Å²) >= 11 is 0. The van der Waals surface area contributed by atoms with Gasteiger partial charge in [-0.3, -0.25) is 9.59 Å². The van der Waals surface area contributed by atoms with Gasteiger partial charge in [-0.15, -0.1) is 0 Å². The molecule has 0 atom stereocenters. The number of hydrogen-bond donors (Lipinski definition) is 0. The van der Waals surface area contributed by atoms with Crippen molar-refractivity contribution in [1.29, 1.82) is 0 Å². The number of piperazine rings is 1. The Morgan fingerprint density at radius 2 is 1.52 bits per heavy atom. The van der Waals surface area contributed by atoms with Crippen molar-refractivity contribution in [2.75, 3.05) is 26.2 Å². The van der Waals surface area contributed by atoms with Crippen molar-refractivity contribution in [2.45, 2.75) is 11.4 Å². The molecule has 0 saturated carbocycles. The van der Waals surface area contributed by atoms with Gasteiger partial charge in [0.2, 0.25) is 15.9 Å². The molecule has 3 aromatic carbocycles. The summed E-state index contributed by atoms with van der Waals surface area (Å²) in [4.78, 5) is 27.2. The molecule has 0 aliphatic carbocycles. The lowest BCUT2D eigenvalue weighted by Crippen LogP contribution is -2.51. The number of amides is 1. The zero-order valence-electron chi connectivity index (χ0n) is 17.8. The highest BCUT2D eigenvalue weighted by molar-refractivity contribution is 7.89. The Morgan fingerprint density at radius 3 is 2.27 bits per heavy atom. The Morgan fingerprint density at radius 1 is 0.848 bits per heavy atom. The van der Waals surface area contributed by atoms with Crippen LogP contribution in [0, 0.1) is 0 Å². The molecule has 168 valence electrons. The largest absolute Gasteiger partial charge is 0.338 e. The van der Waals surface area contributed by atoms with Gasteiger partial charge in [0.15, 0.2) is 0 Å². The molecule has 5 rings (SSSR count). The van der Waals surface area contributed by atoms with E-state index >= 15 is 0 Å². The van der Waals surface area contributed by atoms with E-state index in [9.17, 15) is 18.0 Å². The van der Waals surface area contributed by atoms with Crippen LogP contribution in [-0.2, 0) is 21.4 Å². The van der Waals surface area contributed by atoms with E-state index in [1.807, 2.05) is 30.3 Å². The van der Waals surface area contributed by atoms with Crippen molar-refractivity contribution in [3.8, 4) is 0 Å². The zero-order chi connectivity index (χ0) is 23.0. The Bertz CT molecular complexity index is 1520. The van der Waals surface area contributed by atoms with Crippen LogP contribution >= 0.6 is 0 Å². The lowest BCUT2D eigenvalue weighted by molar-refractivity contribution is -0.133. The van der Waals surface area contributed by atoms with E-state index in [-0.39, 0.29) is 49.1 Å². The lowest BCUT2D eigenvalue weighted by atomic mass is 10.1. The monoisotopic (exact) mass is 462 g/mol. The molecule has 1 amide bonds. The molecule has 9 heteroatoms. The highest BCUT2D eigenvalue weighted by Crippen LogP contribution is 2.23. The van der Waals surface area contributed by atoms with Gasteiger partial charge < -0.3 is 4.90 Å². The molecule has 4 aromatic rings. The third-order valence-corrected chi connectivity index (χ3v) is 7.89. The van der Waals surface area contributed by atoms with E-state index in [0.717, 1.165) is 20.8 Å². The molecule has 0 unspecified atom stereocenters. The van der Waals surface area contributed by atoms with E-state index in [2.05, 4.69) is 5.10 Å². The van der Waals surface area contributed by atoms with Gasteiger partial charge in [0, 0.05) is 31.6 Å². The van der Waals surface area contributed by atoms with Crippen LogP contribution in [0.5, 0.6) is 0 Å². The summed E-state index contributed by atoms with van der Waals surface area (Å²) < 4.78 is 28.8. The maximum atomic E-state index is 13.1. The fourth-order valence-electron chi connectivity index (χ4n) is 4.12. The Hall–Kier alpha value is -3.56. The number of aromatic nitrogens is 2. The van der Waals surface area contributed by atoms with Crippen molar-refractivity contribution < 1.29 is 13.2 Å². The average molecular weight is 463 g/mol. The van der Waals surface area contributed by atoms with E-state index in [4.69, 9.17) is 0 Å². The summed E-state index contributed by atoms with van der Waals surface area (Å²) in [6, 6.07) is 19.8. The van der Waals surface area contributed by atoms with Gasteiger partial charge in [-0.05, 0) is 29.0 Å². The van der Waals surface area contributed by atoms with Crippen LogP contribution in [0.4, 0.5) is 0 Å². The second-order valence-corrected chi connectivity index (χ2v) is 9.93. The van der Waals surface area contributed by atoms with Crippen molar-refractivity contribution in [3.63, 3.8) is 0 Å². The molecular weight excluding hydrogens is 440 g/mol. The molecule has 1 fully saturated rings. The van der Waals surface area contributed by atoms with Crippen LogP contribution < -0.4 is 5.56 Å². The normalized spacial score (nSPS) is 15.2. The van der Waals surface area contributed by atoms with Crippen LogP contribution in [0.2, 0.25) is 0 Å². The molecule has 0 N–H and O–H groups in total. The van der Waals surface area contributed by atoms with Gasteiger partial charge in [0.1, 0.15) is 6.54 Å². The van der Waals surface area contributed by atoms with Crippen LogP contribution in [0.25, 0.3) is 21.5 Å². The van der Waals surface area contributed by atoms with Crippen LogP contribution in [-0.4, -0.2) is 59.5 Å². The maximum Gasteiger partial charge on any atom is 0.275 e. The maximum absolute atomic E-state index is 13.1. The van der Waals surface area contributed by atoms with E-state index in [1.165, 1.54) is 4.31 Å². The summed E-state index contributed by atoms with van der Waals surface area (Å²) in [5.74, 6) is -0.261. The fourth-order valence-corrected chi connectivity index (χ4v) is 5.58. The number of nitrogens with zero attached hydrogens (tertiary/aromatic N) is 4. The quantitative estimate of drug-likeness (QED) is 0.463. The first-order chi connectivity index (χ1) is 15.9. The van der Waals surface area contributed by atoms with Gasteiger partial charge in [-0.1, -0.05) is 48.5 Å². The summed E-state index contributed by atoms with van der Waals surface area (Å²) in [6.45, 7) is 0.727. The molecule has 1 aromatic heterocycles. The number of sulfonamides is 1. The molecule has 8 nitrogen and oxygen atoms in total. The summed E-state index contributed by atoms with van der Waals surface area (Å²) in [5, 5.41) is 7.18. The minimum absolute atomic E-state index is 0.179. The second-order valence-electron chi connectivity index (χ2n) is 7.99. The number of rotatable bonds is 4. The van der Waals surface area contributed by atoms with Gasteiger partial charge in [-0.2, -0.15) is 9.40 Å². The molecule has 2 heterocycles. The first-order valence-corrected chi connectivity index (χ1v) is 12.1.